The van der Waals surface area contributed by atoms with Crippen molar-refractivity contribution in [3.8, 4) is 0 Å². The minimum Gasteiger partial charge on any atom is -0.207 e. The molecule has 0 spiro atoms. The van der Waals surface area contributed by atoms with E-state index in [4.69, 9.17) is 0 Å². The van der Waals surface area contributed by atoms with Gasteiger partial charge in [-0.3, -0.25) is 0 Å². The zero-order valence-corrected chi connectivity index (χ0v) is 12.9. The van der Waals surface area contributed by atoms with Crippen LogP contribution in [0.1, 0.15) is 24.8 Å². The molecule has 18 heavy (non-hydrogen) atoms. The lowest BCUT2D eigenvalue weighted by Gasteiger charge is -2.36. The van der Waals surface area contributed by atoms with Crippen LogP contribution in [0, 0.1) is 6.92 Å². The van der Waals surface area contributed by atoms with Gasteiger partial charge in [-0.05, 0) is 31.9 Å². The van der Waals surface area contributed by atoms with E-state index in [1.807, 2.05) is 19.1 Å². The number of alkyl halides is 1. The van der Waals surface area contributed by atoms with Crippen LogP contribution < -0.4 is 0 Å². The molecule has 0 saturated heterocycles. The summed E-state index contributed by atoms with van der Waals surface area (Å²) < 4.78 is 26.8. The Morgan fingerprint density at radius 3 is 2.33 bits per heavy atom. The molecule has 0 heterocycles. The second-order valence-electron chi connectivity index (χ2n) is 4.70. The Hall–Kier alpha value is -0.390. The summed E-state index contributed by atoms with van der Waals surface area (Å²) in [5, 5.41) is 0.675. The molecular weight excluding hydrogens is 314 g/mol. The van der Waals surface area contributed by atoms with Crippen molar-refractivity contribution in [2.24, 2.45) is 0 Å². The molecule has 0 amide bonds. The Kier molecular flexibility index (Phi) is 4.45. The number of hydrogen-bond acceptors (Lipinski definition) is 2. The van der Waals surface area contributed by atoms with Crippen LogP contribution >= 0.6 is 15.9 Å². The van der Waals surface area contributed by atoms with Crippen molar-refractivity contribution >= 4 is 26.0 Å². The number of sulfonamides is 1. The molecule has 2 rings (SSSR count). The summed E-state index contributed by atoms with van der Waals surface area (Å²) >= 11 is 3.34. The fourth-order valence-corrected chi connectivity index (χ4v) is 4.41. The van der Waals surface area contributed by atoms with E-state index < -0.39 is 10.0 Å². The topological polar surface area (TPSA) is 37.4 Å². The Morgan fingerprint density at radius 1 is 1.28 bits per heavy atom. The standard InChI is InChI=1S/C13H18BrNO2S/c1-11-5-7-13(8-6-11)18(16,17)15(10-9-14)12-3-2-4-12/h5-8,12H,2-4,9-10H2,1H3. The molecule has 1 aliphatic carbocycles. The number of aryl methyl sites for hydroxylation is 1. The first kappa shape index (κ1) is 14.0. The maximum atomic E-state index is 12.6. The number of benzene rings is 1. The average molecular weight is 332 g/mol. The largest absolute Gasteiger partial charge is 0.243 e. The zero-order valence-electron chi connectivity index (χ0n) is 10.5. The van der Waals surface area contributed by atoms with Crippen molar-refractivity contribution in [1.29, 1.82) is 0 Å². The lowest BCUT2D eigenvalue weighted by atomic mass is 9.93. The van der Waals surface area contributed by atoms with Crippen molar-refractivity contribution in [1.82, 2.24) is 4.31 Å². The van der Waals surface area contributed by atoms with Crippen LogP contribution in [0.5, 0.6) is 0 Å². The summed E-state index contributed by atoms with van der Waals surface area (Å²) in [4.78, 5) is 0.404. The van der Waals surface area contributed by atoms with Gasteiger partial charge in [0.15, 0.2) is 0 Å². The van der Waals surface area contributed by atoms with Gasteiger partial charge in [0.2, 0.25) is 10.0 Å². The first-order valence-corrected chi connectivity index (χ1v) is 8.76. The Morgan fingerprint density at radius 2 is 1.89 bits per heavy atom. The number of halogens is 1. The summed E-state index contributed by atoms with van der Waals surface area (Å²) in [7, 11) is -3.34. The number of nitrogens with zero attached hydrogens (tertiary/aromatic N) is 1. The van der Waals surface area contributed by atoms with Gasteiger partial charge in [-0.1, -0.05) is 40.0 Å². The van der Waals surface area contributed by atoms with Crippen molar-refractivity contribution in [2.45, 2.75) is 37.1 Å². The second kappa shape index (κ2) is 5.72. The van der Waals surface area contributed by atoms with Gasteiger partial charge in [-0.25, -0.2) is 8.42 Å². The van der Waals surface area contributed by atoms with E-state index in [0.717, 1.165) is 24.8 Å². The zero-order chi connectivity index (χ0) is 13.2. The lowest BCUT2D eigenvalue weighted by molar-refractivity contribution is 0.228. The maximum Gasteiger partial charge on any atom is 0.243 e. The lowest BCUT2D eigenvalue weighted by Crippen LogP contribution is -2.45. The first-order valence-electron chi connectivity index (χ1n) is 6.20. The molecule has 1 aliphatic rings. The van der Waals surface area contributed by atoms with E-state index in [1.165, 1.54) is 0 Å². The van der Waals surface area contributed by atoms with E-state index in [2.05, 4.69) is 15.9 Å². The second-order valence-corrected chi connectivity index (χ2v) is 7.39. The van der Waals surface area contributed by atoms with Gasteiger partial charge < -0.3 is 0 Å². The smallest absolute Gasteiger partial charge is 0.207 e. The highest BCUT2D eigenvalue weighted by atomic mass is 79.9. The molecule has 5 heteroatoms. The molecule has 1 saturated carbocycles. The van der Waals surface area contributed by atoms with Gasteiger partial charge in [-0.2, -0.15) is 4.31 Å². The average Bonchev–Trinajstić information content (AvgIpc) is 2.26. The molecule has 0 aromatic heterocycles. The van der Waals surface area contributed by atoms with Gasteiger partial charge in [-0.15, -0.1) is 0 Å². The van der Waals surface area contributed by atoms with Crippen LogP contribution in [0.15, 0.2) is 29.2 Å². The predicted octanol–water partition coefficient (Wildman–Crippen LogP) is 2.93. The van der Waals surface area contributed by atoms with Crippen LogP contribution in [-0.2, 0) is 10.0 Å². The highest BCUT2D eigenvalue weighted by Gasteiger charge is 2.34. The Labute approximate surface area is 117 Å². The summed E-state index contributed by atoms with van der Waals surface area (Å²) in [6, 6.07) is 7.28. The van der Waals surface area contributed by atoms with Gasteiger partial charge in [0.25, 0.3) is 0 Å². The van der Waals surface area contributed by atoms with E-state index in [1.54, 1.807) is 16.4 Å². The third-order valence-electron chi connectivity index (χ3n) is 3.41. The monoisotopic (exact) mass is 331 g/mol. The SMILES string of the molecule is Cc1ccc(S(=O)(=O)N(CCBr)C2CCC2)cc1. The van der Waals surface area contributed by atoms with Crippen molar-refractivity contribution in [2.75, 3.05) is 11.9 Å². The van der Waals surface area contributed by atoms with Gasteiger partial charge in [0.05, 0.1) is 4.90 Å². The first-order chi connectivity index (χ1) is 8.55. The van der Waals surface area contributed by atoms with Crippen molar-refractivity contribution in [3.05, 3.63) is 29.8 Å². The minimum absolute atomic E-state index is 0.189. The molecule has 1 fully saturated rings. The number of rotatable bonds is 5. The molecule has 0 bridgehead atoms. The Bertz CT molecular complexity index is 494. The fraction of sp³-hybridized carbons (Fsp3) is 0.538. The third kappa shape index (κ3) is 2.78. The van der Waals surface area contributed by atoms with E-state index in [-0.39, 0.29) is 6.04 Å². The van der Waals surface area contributed by atoms with Crippen LogP contribution in [-0.4, -0.2) is 30.6 Å². The summed E-state index contributed by atoms with van der Waals surface area (Å²) in [5.74, 6) is 0. The molecule has 3 nitrogen and oxygen atoms in total. The van der Waals surface area contributed by atoms with E-state index in [9.17, 15) is 8.42 Å². The van der Waals surface area contributed by atoms with Gasteiger partial charge in [0.1, 0.15) is 0 Å². The summed E-state index contributed by atoms with van der Waals surface area (Å²) in [5.41, 5.74) is 1.07. The number of hydrogen-bond donors (Lipinski definition) is 0. The molecule has 100 valence electrons. The van der Waals surface area contributed by atoms with Crippen LogP contribution in [0.2, 0.25) is 0 Å². The van der Waals surface area contributed by atoms with Crippen LogP contribution in [0.4, 0.5) is 0 Å². The molecular formula is C13H18BrNO2S. The summed E-state index contributed by atoms with van der Waals surface area (Å²) in [6.45, 7) is 2.50. The third-order valence-corrected chi connectivity index (χ3v) is 5.74. The molecule has 0 unspecified atom stereocenters. The highest BCUT2D eigenvalue weighted by Crippen LogP contribution is 2.29. The molecule has 0 atom stereocenters. The molecule has 1 aromatic rings. The van der Waals surface area contributed by atoms with Gasteiger partial charge >= 0.3 is 0 Å². The summed E-state index contributed by atoms with van der Waals surface area (Å²) in [6.07, 6.45) is 3.10. The fourth-order valence-electron chi connectivity index (χ4n) is 2.10. The van der Waals surface area contributed by atoms with E-state index >= 15 is 0 Å². The highest BCUT2D eigenvalue weighted by molar-refractivity contribution is 9.09. The van der Waals surface area contributed by atoms with Crippen molar-refractivity contribution < 1.29 is 8.42 Å². The maximum absolute atomic E-state index is 12.6. The van der Waals surface area contributed by atoms with Crippen LogP contribution in [0.3, 0.4) is 0 Å². The van der Waals surface area contributed by atoms with E-state index in [0.29, 0.717) is 16.8 Å². The molecule has 0 radical (unpaired) electrons. The quantitative estimate of drug-likeness (QED) is 0.778. The van der Waals surface area contributed by atoms with Crippen LogP contribution in [0.25, 0.3) is 0 Å². The predicted molar refractivity (Wildman–Crippen MR) is 76.5 cm³/mol. The molecule has 0 N–H and O–H groups in total. The Balaban J connectivity index is 2.29. The molecule has 1 aromatic carbocycles. The van der Waals surface area contributed by atoms with Gasteiger partial charge in [0, 0.05) is 17.9 Å². The minimum atomic E-state index is -3.34. The molecule has 0 aliphatic heterocycles. The normalized spacial score (nSPS) is 16.8. The van der Waals surface area contributed by atoms with Crippen molar-refractivity contribution in [3.63, 3.8) is 0 Å².